The Kier molecular flexibility index (Phi) is 5.18. The van der Waals surface area contributed by atoms with E-state index < -0.39 is 0 Å². The van der Waals surface area contributed by atoms with E-state index in [1.807, 2.05) is 30.3 Å². The quantitative estimate of drug-likeness (QED) is 0.487. The minimum atomic E-state index is -0.140. The third-order valence-electron chi connectivity index (χ3n) is 6.99. The molecule has 1 spiro atoms. The number of amides is 1. The van der Waals surface area contributed by atoms with Crippen molar-refractivity contribution in [2.45, 2.75) is 18.9 Å². The van der Waals surface area contributed by atoms with Gasteiger partial charge in [-0.25, -0.2) is 15.0 Å². The van der Waals surface area contributed by atoms with Gasteiger partial charge in [0.1, 0.15) is 11.5 Å². The van der Waals surface area contributed by atoms with Crippen molar-refractivity contribution in [3.8, 4) is 11.4 Å². The molecule has 2 saturated heterocycles. The molecule has 1 amide bonds. The summed E-state index contributed by atoms with van der Waals surface area (Å²) < 4.78 is 5.69. The lowest BCUT2D eigenvalue weighted by atomic mass is 9.76. The van der Waals surface area contributed by atoms with Gasteiger partial charge in [0.05, 0.1) is 24.1 Å². The number of H-pyrrole nitrogens is 1. The molecule has 1 unspecified atom stereocenters. The molecule has 172 valence electrons. The van der Waals surface area contributed by atoms with Crippen LogP contribution in [0.2, 0.25) is 0 Å². The van der Waals surface area contributed by atoms with Crippen LogP contribution in [0.3, 0.4) is 0 Å². The van der Waals surface area contributed by atoms with Gasteiger partial charge in [-0.05, 0) is 37.1 Å². The highest BCUT2D eigenvalue weighted by molar-refractivity contribution is 5.93. The van der Waals surface area contributed by atoms with E-state index in [0.717, 1.165) is 41.7 Å². The van der Waals surface area contributed by atoms with Crippen LogP contribution in [0.1, 0.15) is 23.3 Å². The number of hydrogen-bond acceptors (Lipinski definition) is 7. The molecule has 4 aromatic rings. The highest BCUT2D eigenvalue weighted by Gasteiger charge is 2.48. The maximum Gasteiger partial charge on any atom is 0.269 e. The molecule has 5 heterocycles. The first-order valence-corrected chi connectivity index (χ1v) is 11.5. The average Bonchev–Trinajstić information content (AvgIpc) is 3.54. The molecule has 0 radical (unpaired) electrons. The molecule has 0 aliphatic carbocycles. The fraction of sp³-hybridized carbons (Fsp3) is 0.320. The van der Waals surface area contributed by atoms with Gasteiger partial charge in [-0.3, -0.25) is 9.78 Å². The molecule has 2 aliphatic heterocycles. The Balaban J connectivity index is 1.39. The maximum atomic E-state index is 12.9. The molecule has 1 aromatic carbocycles. The van der Waals surface area contributed by atoms with Crippen molar-refractivity contribution in [3.05, 3.63) is 67.0 Å². The van der Waals surface area contributed by atoms with Crippen LogP contribution in [0.15, 0.2) is 61.3 Å². The summed E-state index contributed by atoms with van der Waals surface area (Å²) in [5.41, 5.74) is 2.14. The summed E-state index contributed by atoms with van der Waals surface area (Å²) in [6, 6.07) is 11.9. The molecule has 1 atom stereocenters. The zero-order valence-electron chi connectivity index (χ0n) is 18.6. The van der Waals surface area contributed by atoms with E-state index in [1.54, 1.807) is 18.6 Å². The monoisotopic (exact) mass is 455 g/mol. The van der Waals surface area contributed by atoms with Gasteiger partial charge in [0.25, 0.3) is 5.91 Å². The number of imidazole rings is 1. The third-order valence-corrected chi connectivity index (χ3v) is 6.99. The summed E-state index contributed by atoms with van der Waals surface area (Å²) in [4.78, 5) is 36.2. The standard InChI is InChI=1S/C25H25N7O2/c33-24(20-13-27-16-28-20)30-21-14-32(15-25(21)7-10-34-11-8-25)23-18-5-1-2-6-19(18)29-22(31-23)17-4-3-9-26-12-17/h1-6,9,12-13,16,21H,7-8,10-11,14-15H2,(H,27,28)(H,30,33). The highest BCUT2D eigenvalue weighted by atomic mass is 16.5. The molecule has 34 heavy (non-hydrogen) atoms. The fourth-order valence-electron chi connectivity index (χ4n) is 5.15. The number of nitrogens with zero attached hydrogens (tertiary/aromatic N) is 5. The summed E-state index contributed by atoms with van der Waals surface area (Å²) in [6.45, 7) is 2.83. The smallest absolute Gasteiger partial charge is 0.269 e. The Bertz CT molecular complexity index is 1300. The second-order valence-electron chi connectivity index (χ2n) is 8.98. The Morgan fingerprint density at radius 1 is 1.09 bits per heavy atom. The molecule has 2 N–H and O–H groups in total. The van der Waals surface area contributed by atoms with E-state index in [-0.39, 0.29) is 17.4 Å². The zero-order chi connectivity index (χ0) is 23.0. The molecule has 6 rings (SSSR count). The van der Waals surface area contributed by atoms with Crippen LogP contribution in [0, 0.1) is 5.41 Å². The number of carbonyl (C=O) groups is 1. The fourth-order valence-corrected chi connectivity index (χ4v) is 5.15. The number of para-hydroxylation sites is 1. The maximum absolute atomic E-state index is 12.9. The van der Waals surface area contributed by atoms with Gasteiger partial charge < -0.3 is 19.9 Å². The van der Waals surface area contributed by atoms with Crippen LogP contribution in [0.25, 0.3) is 22.3 Å². The lowest BCUT2D eigenvalue weighted by Crippen LogP contribution is -2.49. The lowest BCUT2D eigenvalue weighted by molar-refractivity contribution is 0.0125. The molecule has 9 nitrogen and oxygen atoms in total. The number of benzene rings is 1. The SMILES string of the molecule is O=C(NC1CN(c2nc(-c3cccnc3)nc3ccccc23)CC12CCOCC2)c1cnc[nH]1. The molecule has 0 bridgehead atoms. The Morgan fingerprint density at radius 3 is 2.76 bits per heavy atom. The van der Waals surface area contributed by atoms with Crippen LogP contribution < -0.4 is 10.2 Å². The Labute approximate surface area is 196 Å². The van der Waals surface area contributed by atoms with Gasteiger partial charge in [0.15, 0.2) is 5.82 Å². The number of anilines is 1. The second-order valence-corrected chi connectivity index (χ2v) is 8.98. The number of carbonyl (C=O) groups excluding carboxylic acids is 1. The summed E-state index contributed by atoms with van der Waals surface area (Å²) in [5.74, 6) is 1.39. The van der Waals surface area contributed by atoms with Gasteiger partial charge in [-0.1, -0.05) is 12.1 Å². The van der Waals surface area contributed by atoms with Gasteiger partial charge in [-0.15, -0.1) is 0 Å². The van der Waals surface area contributed by atoms with Crippen LogP contribution in [0.5, 0.6) is 0 Å². The van der Waals surface area contributed by atoms with E-state index in [1.165, 1.54) is 6.33 Å². The predicted molar refractivity (Wildman–Crippen MR) is 127 cm³/mol. The molecule has 0 saturated carbocycles. The summed E-state index contributed by atoms with van der Waals surface area (Å²) in [6.07, 6.45) is 8.37. The van der Waals surface area contributed by atoms with Gasteiger partial charge >= 0.3 is 0 Å². The van der Waals surface area contributed by atoms with Gasteiger partial charge in [0, 0.05) is 55.1 Å². The molecule has 9 heteroatoms. The van der Waals surface area contributed by atoms with Crippen LogP contribution >= 0.6 is 0 Å². The minimum Gasteiger partial charge on any atom is -0.381 e. The van der Waals surface area contributed by atoms with Crippen molar-refractivity contribution in [2.75, 3.05) is 31.2 Å². The molecular formula is C25H25N7O2. The van der Waals surface area contributed by atoms with E-state index in [0.29, 0.717) is 31.3 Å². The normalized spacial score (nSPS) is 19.5. The number of fused-ring (bicyclic) bond motifs is 1. The van der Waals surface area contributed by atoms with Crippen molar-refractivity contribution in [1.29, 1.82) is 0 Å². The number of ether oxygens (including phenoxy) is 1. The Morgan fingerprint density at radius 2 is 1.97 bits per heavy atom. The summed E-state index contributed by atoms with van der Waals surface area (Å²) in [5, 5.41) is 4.27. The van der Waals surface area contributed by atoms with Crippen molar-refractivity contribution >= 4 is 22.6 Å². The summed E-state index contributed by atoms with van der Waals surface area (Å²) in [7, 11) is 0. The van der Waals surface area contributed by atoms with Gasteiger partial charge in [0.2, 0.25) is 0 Å². The van der Waals surface area contributed by atoms with Crippen LogP contribution in [-0.4, -0.2) is 63.2 Å². The second kappa shape index (κ2) is 8.49. The third kappa shape index (κ3) is 3.67. The van der Waals surface area contributed by atoms with Crippen molar-refractivity contribution in [3.63, 3.8) is 0 Å². The zero-order valence-corrected chi connectivity index (χ0v) is 18.6. The number of aromatic nitrogens is 5. The molecule has 2 aliphatic rings. The van der Waals surface area contributed by atoms with Crippen LogP contribution in [0.4, 0.5) is 5.82 Å². The highest BCUT2D eigenvalue weighted by Crippen LogP contribution is 2.43. The van der Waals surface area contributed by atoms with Crippen molar-refractivity contribution in [1.82, 2.24) is 30.2 Å². The molecular weight excluding hydrogens is 430 g/mol. The van der Waals surface area contributed by atoms with E-state index >= 15 is 0 Å². The lowest BCUT2D eigenvalue weighted by Gasteiger charge is -2.38. The first-order chi connectivity index (χ1) is 16.7. The van der Waals surface area contributed by atoms with Crippen molar-refractivity contribution < 1.29 is 9.53 Å². The first kappa shape index (κ1) is 20.7. The predicted octanol–water partition coefficient (Wildman–Crippen LogP) is 2.83. The number of aromatic amines is 1. The van der Waals surface area contributed by atoms with E-state index in [2.05, 4.69) is 31.2 Å². The number of hydrogen-bond donors (Lipinski definition) is 2. The van der Waals surface area contributed by atoms with Gasteiger partial charge in [-0.2, -0.15) is 0 Å². The largest absolute Gasteiger partial charge is 0.381 e. The summed E-state index contributed by atoms with van der Waals surface area (Å²) >= 11 is 0. The van der Waals surface area contributed by atoms with E-state index in [9.17, 15) is 4.79 Å². The number of rotatable bonds is 4. The Hall–Kier alpha value is -3.85. The van der Waals surface area contributed by atoms with E-state index in [4.69, 9.17) is 14.7 Å². The minimum absolute atomic E-state index is 0.0391. The first-order valence-electron chi connectivity index (χ1n) is 11.5. The number of pyridine rings is 1. The number of nitrogens with one attached hydrogen (secondary N) is 2. The average molecular weight is 456 g/mol. The molecule has 3 aromatic heterocycles. The molecule has 2 fully saturated rings. The van der Waals surface area contributed by atoms with Crippen molar-refractivity contribution in [2.24, 2.45) is 5.41 Å². The van der Waals surface area contributed by atoms with Crippen LogP contribution in [-0.2, 0) is 4.74 Å². The topological polar surface area (TPSA) is 109 Å².